The number of phenolic OH excluding ortho intramolecular Hbond substituents is 1. The van der Waals surface area contributed by atoms with Crippen LogP contribution in [0.1, 0.15) is 11.3 Å². The van der Waals surface area contributed by atoms with Crippen LogP contribution in [0, 0.1) is 0 Å². The molecule has 1 heterocycles. The molecule has 1 aromatic heterocycles. The molecular formula is C10H10N2O2. The first-order valence-electron chi connectivity index (χ1n) is 4.25. The summed E-state index contributed by atoms with van der Waals surface area (Å²) in [6, 6.07) is 6.83. The SMILES string of the molecule is Oc1ccc(Cc2[nH]cnc2O)cc1. The Bertz CT molecular complexity index is 420. The van der Waals surface area contributed by atoms with Crippen molar-refractivity contribution in [1.82, 2.24) is 9.97 Å². The molecule has 0 bridgehead atoms. The van der Waals surface area contributed by atoms with Gasteiger partial charge in [-0.2, -0.15) is 0 Å². The Morgan fingerprint density at radius 2 is 1.86 bits per heavy atom. The number of nitrogens with one attached hydrogen (secondary N) is 1. The third kappa shape index (κ3) is 1.69. The first-order valence-corrected chi connectivity index (χ1v) is 4.25. The highest BCUT2D eigenvalue weighted by Crippen LogP contribution is 2.17. The lowest BCUT2D eigenvalue weighted by atomic mass is 10.1. The second-order valence-electron chi connectivity index (χ2n) is 3.05. The minimum absolute atomic E-state index is 0.0260. The lowest BCUT2D eigenvalue weighted by Gasteiger charge is -1.99. The van der Waals surface area contributed by atoms with Crippen molar-refractivity contribution in [2.45, 2.75) is 6.42 Å². The smallest absolute Gasteiger partial charge is 0.232 e. The van der Waals surface area contributed by atoms with E-state index in [0.717, 1.165) is 5.56 Å². The second-order valence-corrected chi connectivity index (χ2v) is 3.05. The highest BCUT2D eigenvalue weighted by Gasteiger charge is 2.04. The van der Waals surface area contributed by atoms with Gasteiger partial charge in [0.25, 0.3) is 0 Å². The van der Waals surface area contributed by atoms with Gasteiger partial charge in [-0.3, -0.25) is 0 Å². The zero-order chi connectivity index (χ0) is 9.97. The number of aromatic hydroxyl groups is 2. The zero-order valence-electron chi connectivity index (χ0n) is 7.44. The van der Waals surface area contributed by atoms with Gasteiger partial charge in [-0.1, -0.05) is 12.1 Å². The number of rotatable bonds is 2. The van der Waals surface area contributed by atoms with Gasteiger partial charge in [0.15, 0.2) is 0 Å². The van der Waals surface area contributed by atoms with Gasteiger partial charge in [-0.15, -0.1) is 0 Å². The van der Waals surface area contributed by atoms with Gasteiger partial charge in [0, 0.05) is 6.42 Å². The number of H-pyrrole nitrogens is 1. The van der Waals surface area contributed by atoms with E-state index in [9.17, 15) is 5.11 Å². The van der Waals surface area contributed by atoms with Crippen LogP contribution in [-0.2, 0) is 6.42 Å². The van der Waals surface area contributed by atoms with Crippen LogP contribution in [0.3, 0.4) is 0 Å². The predicted octanol–water partition coefficient (Wildman–Crippen LogP) is 1.41. The summed E-state index contributed by atoms with van der Waals surface area (Å²) in [7, 11) is 0. The number of nitrogens with zero attached hydrogens (tertiary/aromatic N) is 1. The maximum absolute atomic E-state index is 9.27. The van der Waals surface area contributed by atoms with Crippen molar-refractivity contribution in [2.75, 3.05) is 0 Å². The molecule has 0 atom stereocenters. The van der Waals surface area contributed by atoms with Crippen LogP contribution in [0.5, 0.6) is 11.6 Å². The van der Waals surface area contributed by atoms with Crippen molar-refractivity contribution < 1.29 is 10.2 Å². The van der Waals surface area contributed by atoms with Crippen LogP contribution in [0.4, 0.5) is 0 Å². The Kier molecular flexibility index (Phi) is 2.10. The largest absolute Gasteiger partial charge is 0.508 e. The van der Waals surface area contributed by atoms with Gasteiger partial charge in [0.05, 0.1) is 12.0 Å². The molecule has 0 spiro atoms. The summed E-state index contributed by atoms with van der Waals surface area (Å²) in [6.45, 7) is 0. The summed E-state index contributed by atoms with van der Waals surface area (Å²) in [4.78, 5) is 6.53. The summed E-state index contributed by atoms with van der Waals surface area (Å²) >= 11 is 0. The zero-order valence-corrected chi connectivity index (χ0v) is 7.44. The Morgan fingerprint density at radius 3 is 2.43 bits per heavy atom. The number of aromatic amines is 1. The maximum atomic E-state index is 9.27. The minimum atomic E-state index is 0.0260. The van der Waals surface area contributed by atoms with Crippen molar-refractivity contribution in [3.05, 3.63) is 41.9 Å². The van der Waals surface area contributed by atoms with Crippen LogP contribution >= 0.6 is 0 Å². The predicted molar refractivity (Wildman–Crippen MR) is 51.2 cm³/mol. The minimum Gasteiger partial charge on any atom is -0.508 e. The molecule has 14 heavy (non-hydrogen) atoms. The fourth-order valence-corrected chi connectivity index (χ4v) is 1.26. The molecule has 0 aliphatic heterocycles. The van der Waals surface area contributed by atoms with E-state index in [2.05, 4.69) is 9.97 Å². The summed E-state index contributed by atoms with van der Waals surface area (Å²) in [5.74, 6) is 0.264. The second kappa shape index (κ2) is 3.41. The van der Waals surface area contributed by atoms with E-state index in [0.29, 0.717) is 12.1 Å². The molecule has 0 amide bonds. The fraction of sp³-hybridized carbons (Fsp3) is 0.100. The van der Waals surface area contributed by atoms with Gasteiger partial charge in [-0.05, 0) is 17.7 Å². The molecule has 0 aliphatic carbocycles. The first kappa shape index (κ1) is 8.62. The van der Waals surface area contributed by atoms with Crippen LogP contribution in [-0.4, -0.2) is 20.2 Å². The molecule has 4 heteroatoms. The molecule has 0 radical (unpaired) electrons. The Hall–Kier alpha value is -1.97. The molecule has 0 fully saturated rings. The number of aromatic nitrogens is 2. The standard InChI is InChI=1S/C10H10N2O2/c13-8-3-1-7(2-4-8)5-9-10(14)12-6-11-9/h1-4,6,13-14H,5H2,(H,11,12). The lowest BCUT2D eigenvalue weighted by Crippen LogP contribution is -1.87. The van der Waals surface area contributed by atoms with Gasteiger partial charge < -0.3 is 15.2 Å². The maximum Gasteiger partial charge on any atom is 0.232 e. The monoisotopic (exact) mass is 190 g/mol. The molecule has 0 unspecified atom stereocenters. The molecule has 0 saturated carbocycles. The van der Waals surface area contributed by atoms with Gasteiger partial charge >= 0.3 is 0 Å². The molecule has 4 nitrogen and oxygen atoms in total. The normalized spacial score (nSPS) is 10.3. The van der Waals surface area contributed by atoms with Crippen LogP contribution in [0.15, 0.2) is 30.6 Å². The highest BCUT2D eigenvalue weighted by atomic mass is 16.3. The van der Waals surface area contributed by atoms with Gasteiger partial charge in [0.1, 0.15) is 5.75 Å². The molecule has 72 valence electrons. The Morgan fingerprint density at radius 1 is 1.14 bits per heavy atom. The van der Waals surface area contributed by atoms with E-state index in [-0.39, 0.29) is 11.6 Å². The number of phenols is 1. The number of benzene rings is 1. The fourth-order valence-electron chi connectivity index (χ4n) is 1.26. The van der Waals surface area contributed by atoms with Crippen molar-refractivity contribution in [2.24, 2.45) is 0 Å². The van der Waals surface area contributed by atoms with Crippen LogP contribution in [0.25, 0.3) is 0 Å². The van der Waals surface area contributed by atoms with E-state index in [1.807, 2.05) is 0 Å². The molecule has 0 aliphatic rings. The average Bonchev–Trinajstić information content (AvgIpc) is 2.56. The highest BCUT2D eigenvalue weighted by molar-refractivity contribution is 5.30. The average molecular weight is 190 g/mol. The molecule has 1 aromatic carbocycles. The summed E-state index contributed by atoms with van der Waals surface area (Å²) in [5, 5.41) is 18.3. The topological polar surface area (TPSA) is 69.1 Å². The van der Waals surface area contributed by atoms with E-state index >= 15 is 0 Å². The van der Waals surface area contributed by atoms with Crippen molar-refractivity contribution in [3.63, 3.8) is 0 Å². The van der Waals surface area contributed by atoms with E-state index < -0.39 is 0 Å². The Balaban J connectivity index is 2.19. The molecule has 3 N–H and O–H groups in total. The summed E-state index contributed by atoms with van der Waals surface area (Å²) < 4.78 is 0. The molecule has 2 aromatic rings. The van der Waals surface area contributed by atoms with Crippen molar-refractivity contribution in [3.8, 4) is 11.6 Å². The first-order chi connectivity index (χ1) is 6.75. The number of hydrogen-bond donors (Lipinski definition) is 3. The number of hydrogen-bond acceptors (Lipinski definition) is 3. The van der Waals surface area contributed by atoms with E-state index in [1.165, 1.54) is 6.33 Å². The molecule has 2 rings (SSSR count). The third-order valence-electron chi connectivity index (χ3n) is 2.01. The summed E-state index contributed by atoms with van der Waals surface area (Å²) in [5.41, 5.74) is 1.68. The van der Waals surface area contributed by atoms with Crippen molar-refractivity contribution >= 4 is 0 Å². The van der Waals surface area contributed by atoms with Crippen LogP contribution < -0.4 is 0 Å². The van der Waals surface area contributed by atoms with Gasteiger partial charge in [-0.25, -0.2) is 4.98 Å². The van der Waals surface area contributed by atoms with Gasteiger partial charge in [0.2, 0.25) is 5.88 Å². The quantitative estimate of drug-likeness (QED) is 0.670. The molecule has 0 saturated heterocycles. The summed E-state index contributed by atoms with van der Waals surface area (Å²) in [6.07, 6.45) is 2.02. The Labute approximate surface area is 80.9 Å². The van der Waals surface area contributed by atoms with Crippen LogP contribution in [0.2, 0.25) is 0 Å². The number of imidazole rings is 1. The molecular weight excluding hydrogens is 180 g/mol. The van der Waals surface area contributed by atoms with Crippen molar-refractivity contribution in [1.29, 1.82) is 0 Å². The third-order valence-corrected chi connectivity index (χ3v) is 2.01. The van der Waals surface area contributed by atoms with E-state index in [1.54, 1.807) is 24.3 Å². The lowest BCUT2D eigenvalue weighted by molar-refractivity contribution is 0.450. The van der Waals surface area contributed by atoms with E-state index in [4.69, 9.17) is 5.11 Å².